The zero-order valence-corrected chi connectivity index (χ0v) is 12.7. The van der Waals surface area contributed by atoms with E-state index in [1.54, 1.807) is 7.05 Å². The first-order valence-corrected chi connectivity index (χ1v) is 7.10. The van der Waals surface area contributed by atoms with Crippen LogP contribution in [0.3, 0.4) is 0 Å². The predicted octanol–water partition coefficient (Wildman–Crippen LogP) is 0.690. The van der Waals surface area contributed by atoms with Crippen LogP contribution in [-0.4, -0.2) is 51.8 Å². The van der Waals surface area contributed by atoms with E-state index < -0.39 is 10.0 Å². The highest BCUT2D eigenvalue weighted by atomic mass is 35.5. The number of sulfonamides is 1. The Balaban J connectivity index is 0. The third-order valence-corrected chi connectivity index (χ3v) is 4.47. The SMILES string of the molecule is COCCS(=O)(=O)N(C)CCC(N)C(C)C.Cl. The second-order valence-electron chi connectivity index (χ2n) is 4.33. The molecule has 5 nitrogen and oxygen atoms in total. The minimum atomic E-state index is -3.19. The van der Waals surface area contributed by atoms with E-state index in [0.717, 1.165) is 0 Å². The van der Waals surface area contributed by atoms with Crippen LogP contribution in [0.4, 0.5) is 0 Å². The molecule has 0 spiro atoms. The minimum absolute atomic E-state index is 0. The quantitative estimate of drug-likeness (QED) is 0.713. The lowest BCUT2D eigenvalue weighted by atomic mass is 10.0. The summed E-state index contributed by atoms with van der Waals surface area (Å²) >= 11 is 0. The fourth-order valence-electron chi connectivity index (χ4n) is 1.15. The molecular formula is C10H25ClN2O3S. The van der Waals surface area contributed by atoms with Crippen molar-refractivity contribution in [1.82, 2.24) is 4.31 Å². The van der Waals surface area contributed by atoms with Crippen LogP contribution >= 0.6 is 12.4 Å². The lowest BCUT2D eigenvalue weighted by Gasteiger charge is -2.21. The summed E-state index contributed by atoms with van der Waals surface area (Å²) in [4.78, 5) is 0. The van der Waals surface area contributed by atoms with Gasteiger partial charge < -0.3 is 10.5 Å². The molecule has 0 aromatic heterocycles. The largest absolute Gasteiger partial charge is 0.384 e. The Bertz CT molecular complexity index is 283. The molecule has 0 rings (SSSR count). The molecule has 1 atom stereocenters. The van der Waals surface area contributed by atoms with Gasteiger partial charge in [0.1, 0.15) is 0 Å². The molecule has 0 saturated carbocycles. The Hall–Kier alpha value is 0.120. The van der Waals surface area contributed by atoms with E-state index in [-0.39, 0.29) is 30.8 Å². The van der Waals surface area contributed by atoms with Gasteiger partial charge in [-0.2, -0.15) is 0 Å². The van der Waals surface area contributed by atoms with Crippen molar-refractivity contribution in [2.45, 2.75) is 26.3 Å². The molecule has 0 aliphatic rings. The highest BCUT2D eigenvalue weighted by molar-refractivity contribution is 7.89. The maximum Gasteiger partial charge on any atom is 0.216 e. The van der Waals surface area contributed by atoms with Gasteiger partial charge in [0.05, 0.1) is 12.4 Å². The number of hydrogen-bond acceptors (Lipinski definition) is 4. The van der Waals surface area contributed by atoms with Crippen LogP contribution < -0.4 is 5.73 Å². The average molecular weight is 289 g/mol. The molecule has 0 bridgehead atoms. The van der Waals surface area contributed by atoms with Gasteiger partial charge in [0, 0.05) is 26.7 Å². The van der Waals surface area contributed by atoms with Gasteiger partial charge in [-0.15, -0.1) is 12.4 Å². The fourth-order valence-corrected chi connectivity index (χ4v) is 2.22. The van der Waals surface area contributed by atoms with Crippen LogP contribution in [0.5, 0.6) is 0 Å². The third-order valence-electron chi connectivity index (χ3n) is 2.65. The monoisotopic (exact) mass is 288 g/mol. The van der Waals surface area contributed by atoms with Gasteiger partial charge in [-0.05, 0) is 12.3 Å². The minimum Gasteiger partial charge on any atom is -0.384 e. The number of hydrogen-bond donors (Lipinski definition) is 1. The van der Waals surface area contributed by atoms with E-state index in [2.05, 4.69) is 0 Å². The number of nitrogens with zero attached hydrogens (tertiary/aromatic N) is 1. The lowest BCUT2D eigenvalue weighted by Crippen LogP contribution is -2.36. The van der Waals surface area contributed by atoms with E-state index in [1.807, 2.05) is 13.8 Å². The molecule has 0 aromatic carbocycles. The summed E-state index contributed by atoms with van der Waals surface area (Å²) in [6.45, 7) is 4.75. The van der Waals surface area contributed by atoms with E-state index >= 15 is 0 Å². The Labute approximate surface area is 111 Å². The lowest BCUT2D eigenvalue weighted by molar-refractivity contribution is 0.215. The smallest absolute Gasteiger partial charge is 0.216 e. The van der Waals surface area contributed by atoms with Crippen molar-refractivity contribution in [2.75, 3.05) is 33.1 Å². The van der Waals surface area contributed by atoms with E-state index in [0.29, 0.717) is 18.9 Å². The maximum atomic E-state index is 11.7. The van der Waals surface area contributed by atoms with Crippen LogP contribution in [0.2, 0.25) is 0 Å². The van der Waals surface area contributed by atoms with Crippen molar-refractivity contribution >= 4 is 22.4 Å². The molecular weight excluding hydrogens is 264 g/mol. The van der Waals surface area contributed by atoms with Crippen molar-refractivity contribution < 1.29 is 13.2 Å². The number of nitrogens with two attached hydrogens (primary N) is 1. The van der Waals surface area contributed by atoms with Gasteiger partial charge in [-0.25, -0.2) is 12.7 Å². The Morgan fingerprint density at radius 1 is 1.35 bits per heavy atom. The predicted molar refractivity (Wildman–Crippen MR) is 73.0 cm³/mol. The summed E-state index contributed by atoms with van der Waals surface area (Å²) in [6, 6.07) is 0.0417. The van der Waals surface area contributed by atoms with E-state index in [4.69, 9.17) is 10.5 Å². The summed E-state index contributed by atoms with van der Waals surface area (Å²) in [5.74, 6) is 0.395. The summed E-state index contributed by atoms with van der Waals surface area (Å²) in [5, 5.41) is 0. The summed E-state index contributed by atoms with van der Waals surface area (Å²) in [6.07, 6.45) is 0.681. The third kappa shape index (κ3) is 7.94. The Morgan fingerprint density at radius 3 is 2.29 bits per heavy atom. The maximum absolute atomic E-state index is 11.7. The first-order chi connectivity index (χ1) is 7.31. The summed E-state index contributed by atoms with van der Waals surface area (Å²) < 4.78 is 29.5. The fraction of sp³-hybridized carbons (Fsp3) is 1.00. The van der Waals surface area contributed by atoms with Crippen LogP contribution in [-0.2, 0) is 14.8 Å². The van der Waals surface area contributed by atoms with Crippen molar-refractivity contribution in [3.05, 3.63) is 0 Å². The molecule has 0 aromatic rings. The zero-order valence-electron chi connectivity index (χ0n) is 11.0. The van der Waals surface area contributed by atoms with E-state index in [9.17, 15) is 8.42 Å². The Kier molecular flexibility index (Phi) is 10.4. The van der Waals surface area contributed by atoms with Crippen molar-refractivity contribution in [1.29, 1.82) is 0 Å². The molecule has 0 saturated heterocycles. The molecule has 1 unspecified atom stereocenters. The molecule has 106 valence electrons. The molecule has 0 radical (unpaired) electrons. The second kappa shape index (κ2) is 9.10. The molecule has 0 aliphatic carbocycles. The summed E-state index contributed by atoms with van der Waals surface area (Å²) in [7, 11) is -0.119. The number of methoxy groups -OCH3 is 1. The number of halogens is 1. The van der Waals surface area contributed by atoms with Crippen molar-refractivity contribution in [3.63, 3.8) is 0 Å². The second-order valence-corrected chi connectivity index (χ2v) is 6.52. The standard InChI is InChI=1S/C10H24N2O3S.ClH/c1-9(2)10(11)5-6-12(3)16(13,14)8-7-15-4;/h9-10H,5-8,11H2,1-4H3;1H. The Morgan fingerprint density at radius 2 is 1.88 bits per heavy atom. The van der Waals surface area contributed by atoms with Gasteiger partial charge in [0.25, 0.3) is 0 Å². The van der Waals surface area contributed by atoms with Crippen molar-refractivity contribution in [2.24, 2.45) is 11.7 Å². The van der Waals surface area contributed by atoms with Crippen LogP contribution in [0.1, 0.15) is 20.3 Å². The molecule has 17 heavy (non-hydrogen) atoms. The van der Waals surface area contributed by atoms with Gasteiger partial charge in [-0.1, -0.05) is 13.8 Å². The molecule has 0 heterocycles. The molecule has 0 amide bonds. The molecule has 7 heteroatoms. The van der Waals surface area contributed by atoms with Crippen molar-refractivity contribution in [3.8, 4) is 0 Å². The number of ether oxygens (including phenoxy) is 1. The normalized spacial score (nSPS) is 13.8. The van der Waals surface area contributed by atoms with E-state index in [1.165, 1.54) is 11.4 Å². The highest BCUT2D eigenvalue weighted by Gasteiger charge is 2.18. The van der Waals surface area contributed by atoms with Gasteiger partial charge in [0.2, 0.25) is 10.0 Å². The topological polar surface area (TPSA) is 72.6 Å². The molecule has 0 fully saturated rings. The summed E-state index contributed by atoms with van der Waals surface area (Å²) in [5.41, 5.74) is 5.86. The highest BCUT2D eigenvalue weighted by Crippen LogP contribution is 2.06. The zero-order chi connectivity index (χ0) is 12.8. The van der Waals surface area contributed by atoms with Crippen LogP contribution in [0, 0.1) is 5.92 Å². The number of rotatable bonds is 8. The van der Waals surface area contributed by atoms with Gasteiger partial charge in [0.15, 0.2) is 0 Å². The van der Waals surface area contributed by atoms with Crippen LogP contribution in [0.15, 0.2) is 0 Å². The average Bonchev–Trinajstić information content (AvgIpc) is 2.22. The molecule has 2 N–H and O–H groups in total. The first-order valence-electron chi connectivity index (χ1n) is 5.49. The molecule has 0 aliphatic heterocycles. The first kappa shape index (κ1) is 19.5. The van der Waals surface area contributed by atoms with Gasteiger partial charge in [-0.3, -0.25) is 0 Å². The van der Waals surface area contributed by atoms with Crippen LogP contribution in [0.25, 0.3) is 0 Å². The van der Waals surface area contributed by atoms with Gasteiger partial charge >= 0.3 is 0 Å².